The van der Waals surface area contributed by atoms with E-state index in [1.807, 2.05) is 18.2 Å². The molecule has 0 fully saturated rings. The monoisotopic (exact) mass is 463 g/mol. The number of nitrogens with two attached hydrogens (primary N) is 1. The third kappa shape index (κ3) is 4.81. The van der Waals surface area contributed by atoms with Gasteiger partial charge in [0.15, 0.2) is 5.78 Å². The number of nitrogens with zero attached hydrogens (tertiary/aromatic N) is 1. The van der Waals surface area contributed by atoms with E-state index in [2.05, 4.69) is 24.6 Å². The first-order valence-corrected chi connectivity index (χ1v) is 11.7. The molecule has 2 heterocycles. The van der Waals surface area contributed by atoms with Crippen LogP contribution >= 0.6 is 11.3 Å². The summed E-state index contributed by atoms with van der Waals surface area (Å²) in [6.07, 6.45) is 0.759. The highest BCUT2D eigenvalue weighted by molar-refractivity contribution is 7.17. The summed E-state index contributed by atoms with van der Waals surface area (Å²) in [7, 11) is 2.19. The Morgan fingerprint density at radius 2 is 1.67 bits per heavy atom. The molecule has 1 aromatic heterocycles. The molecule has 0 bridgehead atoms. The molecule has 0 radical (unpaired) electrons. The Hall–Kier alpha value is -3.49. The first kappa shape index (κ1) is 22.7. The fourth-order valence-electron chi connectivity index (χ4n) is 4.06. The zero-order valence-corrected chi connectivity index (χ0v) is 19.5. The summed E-state index contributed by atoms with van der Waals surface area (Å²) in [4.78, 5) is 38.5. The quantitative estimate of drug-likeness (QED) is 0.376. The lowest BCUT2D eigenvalue weighted by atomic mass is 10.0. The molecule has 170 valence electrons. The summed E-state index contributed by atoms with van der Waals surface area (Å²) in [6.45, 7) is 4.89. The second kappa shape index (κ2) is 9.17. The van der Waals surface area contributed by atoms with Crippen LogP contribution in [0.1, 0.15) is 43.6 Å². The first-order chi connectivity index (χ1) is 15.8. The predicted molar refractivity (Wildman–Crippen MR) is 131 cm³/mol. The van der Waals surface area contributed by atoms with E-state index >= 15 is 0 Å². The topological polar surface area (TPSA) is 101 Å². The molecule has 4 N–H and O–H groups in total. The standard InChI is InChI=1S/C25H26N4O3S/c1-3-29(2)14-13-19-20(15-29)33-24(21(19)23(26)31)28-25(32)27-18-11-9-17(10-12-18)22(30)16-7-5-4-6-8-16/h4-12H,3,13-15H2,1-2H3,(H3-,26,27,28,30,31,32)/p+1. The number of benzene rings is 2. The fraction of sp³-hybridized carbons (Fsp3) is 0.240. The number of primary amides is 1. The second-order valence-corrected chi connectivity index (χ2v) is 9.60. The van der Waals surface area contributed by atoms with Crippen molar-refractivity contribution in [1.29, 1.82) is 0 Å². The molecule has 33 heavy (non-hydrogen) atoms. The Kier molecular flexibility index (Phi) is 6.31. The van der Waals surface area contributed by atoms with Crippen molar-refractivity contribution in [1.82, 2.24) is 0 Å². The van der Waals surface area contributed by atoms with E-state index in [9.17, 15) is 14.4 Å². The third-order valence-corrected chi connectivity index (χ3v) is 7.33. The van der Waals surface area contributed by atoms with Crippen molar-refractivity contribution in [3.8, 4) is 0 Å². The lowest BCUT2D eigenvalue weighted by Crippen LogP contribution is -2.47. The summed E-state index contributed by atoms with van der Waals surface area (Å²) in [5.74, 6) is -0.612. The van der Waals surface area contributed by atoms with Gasteiger partial charge in [0.1, 0.15) is 11.5 Å². The van der Waals surface area contributed by atoms with Gasteiger partial charge in [-0.15, -0.1) is 11.3 Å². The number of urea groups is 1. The normalized spacial score (nSPS) is 17.2. The van der Waals surface area contributed by atoms with Crippen LogP contribution in [0, 0.1) is 0 Å². The van der Waals surface area contributed by atoms with Gasteiger partial charge in [0.2, 0.25) is 0 Å². The first-order valence-electron chi connectivity index (χ1n) is 10.9. The molecule has 3 aromatic rings. The van der Waals surface area contributed by atoms with Gasteiger partial charge in [-0.1, -0.05) is 30.3 Å². The minimum absolute atomic E-state index is 0.0839. The molecule has 8 heteroatoms. The number of amides is 3. The van der Waals surface area contributed by atoms with Crippen molar-refractivity contribution in [2.24, 2.45) is 5.73 Å². The molecule has 1 aliphatic rings. The van der Waals surface area contributed by atoms with Crippen molar-refractivity contribution in [2.75, 3.05) is 30.8 Å². The van der Waals surface area contributed by atoms with Gasteiger partial charge in [-0.25, -0.2) is 4.79 Å². The molecule has 1 unspecified atom stereocenters. The van der Waals surface area contributed by atoms with Gasteiger partial charge >= 0.3 is 6.03 Å². The van der Waals surface area contributed by atoms with Crippen LogP contribution in [-0.2, 0) is 13.0 Å². The fourth-order valence-corrected chi connectivity index (χ4v) is 5.48. The lowest BCUT2D eigenvalue weighted by Gasteiger charge is -2.36. The van der Waals surface area contributed by atoms with Crippen LogP contribution in [0.2, 0.25) is 0 Å². The SMILES string of the molecule is CC[N+]1(C)CCc2c(sc(NC(=O)Nc3ccc(C(=O)c4ccccc4)cc3)c2C(N)=O)C1. The zero-order chi connectivity index (χ0) is 23.6. The molecular weight excluding hydrogens is 436 g/mol. The number of thiophene rings is 1. The van der Waals surface area contributed by atoms with Gasteiger partial charge in [-0.3, -0.25) is 14.9 Å². The van der Waals surface area contributed by atoms with Crippen molar-refractivity contribution in [2.45, 2.75) is 19.9 Å². The van der Waals surface area contributed by atoms with Crippen LogP contribution in [0.15, 0.2) is 54.6 Å². The van der Waals surface area contributed by atoms with Crippen molar-refractivity contribution < 1.29 is 18.9 Å². The van der Waals surface area contributed by atoms with Crippen LogP contribution in [0.5, 0.6) is 0 Å². The smallest absolute Gasteiger partial charge is 0.324 e. The third-order valence-electron chi connectivity index (χ3n) is 6.20. The predicted octanol–water partition coefficient (Wildman–Crippen LogP) is 4.24. The number of nitrogens with one attached hydrogen (secondary N) is 2. The van der Waals surface area contributed by atoms with Crippen molar-refractivity contribution >= 4 is 39.7 Å². The highest BCUT2D eigenvalue weighted by Gasteiger charge is 2.33. The summed E-state index contributed by atoms with van der Waals surface area (Å²) in [5.41, 5.74) is 8.71. The van der Waals surface area contributed by atoms with Gasteiger partial charge in [0, 0.05) is 23.2 Å². The number of likely N-dealkylation sites (N-methyl/N-ethyl adjacent to an activating group) is 1. The van der Waals surface area contributed by atoms with E-state index in [-0.39, 0.29) is 5.78 Å². The number of quaternary nitrogens is 1. The highest BCUT2D eigenvalue weighted by Crippen LogP contribution is 2.38. The van der Waals surface area contributed by atoms with Crippen molar-refractivity contribution in [3.05, 3.63) is 81.7 Å². The largest absolute Gasteiger partial charge is 0.365 e. The Labute approximate surface area is 196 Å². The van der Waals surface area contributed by atoms with Gasteiger partial charge < -0.3 is 15.5 Å². The van der Waals surface area contributed by atoms with E-state index in [4.69, 9.17) is 5.73 Å². The van der Waals surface area contributed by atoms with Crippen LogP contribution in [0.3, 0.4) is 0 Å². The van der Waals surface area contributed by atoms with Crippen LogP contribution in [0.25, 0.3) is 0 Å². The van der Waals surface area contributed by atoms with Crippen LogP contribution in [0.4, 0.5) is 15.5 Å². The van der Waals surface area contributed by atoms with E-state index in [1.54, 1.807) is 36.4 Å². The number of anilines is 2. The molecule has 0 spiro atoms. The summed E-state index contributed by atoms with van der Waals surface area (Å²) >= 11 is 1.42. The molecule has 1 atom stereocenters. The Balaban J connectivity index is 1.47. The summed E-state index contributed by atoms with van der Waals surface area (Å²) in [6, 6.07) is 15.3. The molecule has 3 amide bonds. The second-order valence-electron chi connectivity index (χ2n) is 8.49. The minimum Gasteiger partial charge on any atom is -0.365 e. The Morgan fingerprint density at radius 1 is 1.00 bits per heavy atom. The Morgan fingerprint density at radius 3 is 2.30 bits per heavy atom. The molecule has 0 saturated heterocycles. The maximum absolute atomic E-state index is 12.7. The number of hydrogen-bond donors (Lipinski definition) is 3. The van der Waals surface area contributed by atoms with Crippen LogP contribution < -0.4 is 16.4 Å². The average Bonchev–Trinajstić information content (AvgIpc) is 3.16. The van der Waals surface area contributed by atoms with Crippen LogP contribution in [-0.4, -0.2) is 42.3 Å². The summed E-state index contributed by atoms with van der Waals surface area (Å²) < 4.78 is 0.894. The van der Waals surface area contributed by atoms with Gasteiger partial charge in [0.05, 0.1) is 30.6 Å². The molecule has 7 nitrogen and oxygen atoms in total. The number of carbonyl (C=O) groups is 3. The van der Waals surface area contributed by atoms with Gasteiger partial charge in [0.25, 0.3) is 5.91 Å². The van der Waals surface area contributed by atoms with Gasteiger partial charge in [-0.05, 0) is 36.8 Å². The Bertz CT molecular complexity index is 1200. The number of rotatable bonds is 6. The molecular formula is C25H27N4O3S+. The zero-order valence-electron chi connectivity index (χ0n) is 18.7. The molecule has 0 saturated carbocycles. The minimum atomic E-state index is -0.529. The lowest BCUT2D eigenvalue weighted by molar-refractivity contribution is -0.922. The molecule has 4 rings (SSSR count). The highest BCUT2D eigenvalue weighted by atomic mass is 32.1. The average molecular weight is 464 g/mol. The van der Waals surface area contributed by atoms with Crippen molar-refractivity contribution in [3.63, 3.8) is 0 Å². The molecule has 0 aliphatic carbocycles. The van der Waals surface area contributed by atoms with E-state index in [0.29, 0.717) is 27.4 Å². The maximum Gasteiger partial charge on any atom is 0.324 e. The van der Waals surface area contributed by atoms with E-state index in [0.717, 1.165) is 41.0 Å². The molecule has 2 aromatic carbocycles. The summed E-state index contributed by atoms with van der Waals surface area (Å²) in [5, 5.41) is 6.04. The van der Waals surface area contributed by atoms with E-state index < -0.39 is 11.9 Å². The number of ketones is 1. The molecule has 1 aliphatic heterocycles. The maximum atomic E-state index is 12.7. The number of carbonyl (C=O) groups excluding carboxylic acids is 3. The van der Waals surface area contributed by atoms with E-state index in [1.165, 1.54) is 11.3 Å². The number of hydrogen-bond acceptors (Lipinski definition) is 4. The number of fused-ring (bicyclic) bond motifs is 1. The van der Waals surface area contributed by atoms with Gasteiger partial charge in [-0.2, -0.15) is 0 Å².